The number of furan rings is 1. The molecular weight excluding hydrogens is 347 g/mol. The van der Waals surface area contributed by atoms with E-state index in [1.807, 2.05) is 0 Å². The monoisotopic (exact) mass is 368 g/mol. The minimum absolute atomic E-state index is 0.00375. The van der Waals surface area contributed by atoms with Gasteiger partial charge in [0.1, 0.15) is 17.3 Å². The molecule has 0 aliphatic rings. The summed E-state index contributed by atoms with van der Waals surface area (Å²) in [4.78, 5) is 11.8. The van der Waals surface area contributed by atoms with Crippen molar-refractivity contribution in [3.05, 3.63) is 48.0 Å². The van der Waals surface area contributed by atoms with Crippen LogP contribution in [0.3, 0.4) is 0 Å². The van der Waals surface area contributed by atoms with Crippen molar-refractivity contribution in [1.82, 2.24) is 10.0 Å². The standard InChI is InChI=1S/C17H21FN2O4S/c1-2-25(22,23)20-12-11-19-17(21)10-8-13-7-9-16(24-13)14-5-3-4-6-15(14)18/h3-7,9,20H,2,8,10-12H2,1H3,(H,19,21). The molecule has 1 amide bonds. The molecule has 0 spiro atoms. The maximum atomic E-state index is 13.7. The van der Waals surface area contributed by atoms with E-state index in [0.29, 0.717) is 23.5 Å². The molecule has 0 aliphatic heterocycles. The second kappa shape index (κ2) is 8.77. The smallest absolute Gasteiger partial charge is 0.220 e. The lowest BCUT2D eigenvalue weighted by Crippen LogP contribution is -2.35. The maximum Gasteiger partial charge on any atom is 0.220 e. The Bertz CT molecular complexity index is 818. The van der Waals surface area contributed by atoms with Crippen molar-refractivity contribution in [2.24, 2.45) is 0 Å². The van der Waals surface area contributed by atoms with Gasteiger partial charge in [-0.25, -0.2) is 17.5 Å². The molecule has 2 N–H and O–H groups in total. The average molecular weight is 368 g/mol. The quantitative estimate of drug-likeness (QED) is 0.663. The van der Waals surface area contributed by atoms with Gasteiger partial charge in [0.2, 0.25) is 15.9 Å². The van der Waals surface area contributed by atoms with Gasteiger partial charge >= 0.3 is 0 Å². The van der Waals surface area contributed by atoms with Crippen LogP contribution in [0.4, 0.5) is 4.39 Å². The molecule has 0 fully saturated rings. The van der Waals surface area contributed by atoms with E-state index >= 15 is 0 Å². The van der Waals surface area contributed by atoms with Gasteiger partial charge in [-0.3, -0.25) is 4.79 Å². The first-order chi connectivity index (χ1) is 11.9. The molecule has 6 nitrogen and oxygen atoms in total. The number of sulfonamides is 1. The lowest BCUT2D eigenvalue weighted by molar-refractivity contribution is -0.121. The lowest BCUT2D eigenvalue weighted by atomic mass is 10.1. The second-order valence-electron chi connectivity index (χ2n) is 5.39. The number of nitrogens with one attached hydrogen (secondary N) is 2. The molecular formula is C17H21FN2O4S. The molecule has 8 heteroatoms. The van der Waals surface area contributed by atoms with Crippen molar-refractivity contribution in [2.75, 3.05) is 18.8 Å². The Kier molecular flexibility index (Phi) is 6.72. The van der Waals surface area contributed by atoms with Crippen LogP contribution in [0.25, 0.3) is 11.3 Å². The zero-order valence-corrected chi connectivity index (χ0v) is 14.7. The minimum Gasteiger partial charge on any atom is -0.461 e. The molecule has 136 valence electrons. The van der Waals surface area contributed by atoms with Crippen molar-refractivity contribution in [1.29, 1.82) is 0 Å². The predicted molar refractivity (Wildman–Crippen MR) is 92.9 cm³/mol. The van der Waals surface area contributed by atoms with Crippen LogP contribution in [0.2, 0.25) is 0 Å². The molecule has 25 heavy (non-hydrogen) atoms. The van der Waals surface area contributed by atoms with Gasteiger partial charge in [-0.15, -0.1) is 0 Å². The molecule has 0 saturated carbocycles. The van der Waals surface area contributed by atoms with Gasteiger partial charge in [-0.05, 0) is 31.2 Å². The van der Waals surface area contributed by atoms with Crippen molar-refractivity contribution in [2.45, 2.75) is 19.8 Å². The highest BCUT2D eigenvalue weighted by molar-refractivity contribution is 7.89. The predicted octanol–water partition coefficient (Wildman–Crippen LogP) is 2.07. The van der Waals surface area contributed by atoms with Crippen molar-refractivity contribution in [3.8, 4) is 11.3 Å². The van der Waals surface area contributed by atoms with E-state index in [1.54, 1.807) is 37.3 Å². The number of halogens is 1. The molecule has 2 aromatic rings. The SMILES string of the molecule is CCS(=O)(=O)NCCNC(=O)CCc1ccc(-c2ccccc2F)o1. The molecule has 0 bridgehead atoms. The summed E-state index contributed by atoms with van der Waals surface area (Å²) in [6.45, 7) is 1.91. The summed E-state index contributed by atoms with van der Waals surface area (Å²) in [5.41, 5.74) is 0.376. The zero-order chi connectivity index (χ0) is 18.3. The third kappa shape index (κ3) is 5.99. The molecule has 0 saturated heterocycles. The van der Waals surface area contributed by atoms with Crippen LogP contribution in [0, 0.1) is 5.82 Å². The molecule has 2 rings (SSSR count). The van der Waals surface area contributed by atoms with Gasteiger partial charge in [-0.2, -0.15) is 0 Å². The Morgan fingerprint density at radius 3 is 2.64 bits per heavy atom. The van der Waals surface area contributed by atoms with E-state index in [9.17, 15) is 17.6 Å². The number of carbonyl (C=O) groups excluding carboxylic acids is 1. The number of aryl methyl sites for hydroxylation is 1. The third-order valence-corrected chi connectivity index (χ3v) is 4.95. The largest absolute Gasteiger partial charge is 0.461 e. The van der Waals surface area contributed by atoms with Crippen LogP contribution >= 0.6 is 0 Å². The highest BCUT2D eigenvalue weighted by Crippen LogP contribution is 2.25. The number of carbonyl (C=O) groups is 1. The maximum absolute atomic E-state index is 13.7. The molecule has 1 heterocycles. The fourth-order valence-corrected chi connectivity index (χ4v) is 2.77. The van der Waals surface area contributed by atoms with E-state index in [1.165, 1.54) is 6.07 Å². The summed E-state index contributed by atoms with van der Waals surface area (Å²) in [6, 6.07) is 9.70. The van der Waals surface area contributed by atoms with E-state index in [0.717, 1.165) is 0 Å². The highest BCUT2D eigenvalue weighted by atomic mass is 32.2. The molecule has 0 atom stereocenters. The van der Waals surface area contributed by atoms with Crippen LogP contribution < -0.4 is 10.0 Å². The van der Waals surface area contributed by atoms with E-state index in [2.05, 4.69) is 10.0 Å². The Labute approximate surface area is 146 Å². The van der Waals surface area contributed by atoms with E-state index in [4.69, 9.17) is 4.42 Å². The van der Waals surface area contributed by atoms with Gasteiger partial charge in [-0.1, -0.05) is 12.1 Å². The van der Waals surface area contributed by atoms with E-state index in [-0.39, 0.29) is 37.0 Å². The van der Waals surface area contributed by atoms with Crippen molar-refractivity contribution in [3.63, 3.8) is 0 Å². The third-order valence-electron chi connectivity index (χ3n) is 3.55. The van der Waals surface area contributed by atoms with E-state index < -0.39 is 10.0 Å². The first-order valence-corrected chi connectivity index (χ1v) is 9.64. The summed E-state index contributed by atoms with van der Waals surface area (Å²) in [5, 5.41) is 2.63. The molecule has 0 aliphatic carbocycles. The van der Waals surface area contributed by atoms with Gasteiger partial charge in [0, 0.05) is 25.9 Å². The number of hydrogen-bond donors (Lipinski definition) is 2. The van der Waals surface area contributed by atoms with Crippen LogP contribution in [0.1, 0.15) is 19.1 Å². The number of hydrogen-bond acceptors (Lipinski definition) is 4. The number of amides is 1. The van der Waals surface area contributed by atoms with Crippen LogP contribution in [-0.4, -0.2) is 33.2 Å². The van der Waals surface area contributed by atoms with Crippen LogP contribution in [0.15, 0.2) is 40.8 Å². The Hall–Kier alpha value is -2.19. The van der Waals surface area contributed by atoms with Crippen molar-refractivity contribution >= 4 is 15.9 Å². The second-order valence-corrected chi connectivity index (χ2v) is 7.49. The Balaban J connectivity index is 1.76. The Morgan fingerprint density at radius 1 is 1.16 bits per heavy atom. The average Bonchev–Trinajstić information content (AvgIpc) is 3.06. The Morgan fingerprint density at radius 2 is 1.92 bits per heavy atom. The van der Waals surface area contributed by atoms with Crippen molar-refractivity contribution < 1.29 is 22.0 Å². The van der Waals surface area contributed by atoms with Crippen LogP contribution in [0.5, 0.6) is 0 Å². The fourth-order valence-electron chi connectivity index (χ4n) is 2.15. The van der Waals surface area contributed by atoms with Gasteiger partial charge < -0.3 is 9.73 Å². The zero-order valence-electron chi connectivity index (χ0n) is 13.9. The van der Waals surface area contributed by atoms with Gasteiger partial charge in [0.15, 0.2) is 0 Å². The summed E-state index contributed by atoms with van der Waals surface area (Å²) in [6.07, 6.45) is 0.575. The molecule has 0 unspecified atom stereocenters. The number of rotatable bonds is 9. The first kappa shape index (κ1) is 19.1. The summed E-state index contributed by atoms with van der Waals surface area (Å²) in [5.74, 6) is 0.432. The van der Waals surface area contributed by atoms with Crippen LogP contribution in [-0.2, 0) is 21.2 Å². The molecule has 0 radical (unpaired) electrons. The molecule has 1 aromatic heterocycles. The normalized spacial score (nSPS) is 11.4. The first-order valence-electron chi connectivity index (χ1n) is 7.99. The van der Waals surface area contributed by atoms with Gasteiger partial charge in [0.05, 0.1) is 11.3 Å². The molecule has 1 aromatic carbocycles. The summed E-state index contributed by atoms with van der Waals surface area (Å²) < 4.78 is 44.1. The summed E-state index contributed by atoms with van der Waals surface area (Å²) >= 11 is 0. The minimum atomic E-state index is -3.25. The highest BCUT2D eigenvalue weighted by Gasteiger charge is 2.11. The fraction of sp³-hybridized carbons (Fsp3) is 0.353. The topological polar surface area (TPSA) is 88.4 Å². The number of benzene rings is 1. The summed E-state index contributed by atoms with van der Waals surface area (Å²) in [7, 11) is -3.25. The van der Waals surface area contributed by atoms with Gasteiger partial charge in [0.25, 0.3) is 0 Å². The lowest BCUT2D eigenvalue weighted by Gasteiger charge is -2.06.